The molecule has 0 aromatic carbocycles. The third-order valence-electron chi connectivity index (χ3n) is 3.26. The molecule has 22 heavy (non-hydrogen) atoms. The number of amides is 1. The lowest BCUT2D eigenvalue weighted by Crippen LogP contribution is -2.51. The molecule has 0 spiro atoms. The molecule has 1 aromatic heterocycles. The van der Waals surface area contributed by atoms with E-state index in [1.54, 1.807) is 14.0 Å². The summed E-state index contributed by atoms with van der Waals surface area (Å²) in [5.74, 6) is -0.425. The zero-order chi connectivity index (χ0) is 16.7. The van der Waals surface area contributed by atoms with Crippen molar-refractivity contribution in [3.8, 4) is 0 Å². The van der Waals surface area contributed by atoms with Gasteiger partial charge in [-0.1, -0.05) is 20.8 Å². The van der Waals surface area contributed by atoms with Crippen LogP contribution in [0, 0.1) is 5.92 Å². The molecule has 9 heteroatoms. The monoisotopic (exact) mass is 312 g/mol. The Labute approximate surface area is 129 Å². The topological polar surface area (TPSA) is 122 Å². The largest absolute Gasteiger partial charge is 0.480 e. The third kappa shape index (κ3) is 5.40. The molecule has 1 heterocycles. The zero-order valence-electron chi connectivity index (χ0n) is 13.4. The number of nitrogens with zero attached hydrogens (tertiary/aromatic N) is 4. The van der Waals surface area contributed by atoms with Crippen LogP contribution in [0.4, 0.5) is 0 Å². The van der Waals surface area contributed by atoms with Crippen molar-refractivity contribution in [1.82, 2.24) is 30.8 Å². The molecule has 3 N–H and O–H groups in total. The maximum Gasteiger partial charge on any atom is 0.320 e. The zero-order valence-corrected chi connectivity index (χ0v) is 13.4. The van der Waals surface area contributed by atoms with Crippen molar-refractivity contribution in [1.29, 1.82) is 0 Å². The van der Waals surface area contributed by atoms with Gasteiger partial charge in [-0.2, -0.15) is 0 Å². The fourth-order valence-corrected chi connectivity index (χ4v) is 2.02. The van der Waals surface area contributed by atoms with E-state index in [9.17, 15) is 9.59 Å². The van der Waals surface area contributed by atoms with Gasteiger partial charge in [0.15, 0.2) is 5.82 Å². The minimum Gasteiger partial charge on any atom is -0.480 e. The predicted octanol–water partition coefficient (Wildman–Crippen LogP) is -0.306. The molecule has 1 aromatic rings. The van der Waals surface area contributed by atoms with Gasteiger partial charge in [0.1, 0.15) is 6.04 Å². The average Bonchev–Trinajstić information content (AvgIpc) is 2.85. The molecule has 0 aliphatic carbocycles. The van der Waals surface area contributed by atoms with E-state index in [2.05, 4.69) is 26.2 Å². The van der Waals surface area contributed by atoms with Crippen molar-refractivity contribution >= 4 is 11.9 Å². The number of hydrogen-bond acceptors (Lipinski definition) is 6. The first-order valence-electron chi connectivity index (χ1n) is 7.32. The quantitative estimate of drug-likeness (QED) is 0.572. The fraction of sp³-hybridized carbons (Fsp3) is 0.769. The lowest BCUT2D eigenvalue weighted by Gasteiger charge is -2.23. The van der Waals surface area contributed by atoms with Crippen molar-refractivity contribution in [2.75, 3.05) is 0 Å². The van der Waals surface area contributed by atoms with Gasteiger partial charge in [0.25, 0.3) is 0 Å². The van der Waals surface area contributed by atoms with Crippen LogP contribution in [0.25, 0.3) is 0 Å². The summed E-state index contributed by atoms with van der Waals surface area (Å²) >= 11 is 0. The van der Waals surface area contributed by atoms with E-state index in [1.807, 2.05) is 13.8 Å². The van der Waals surface area contributed by atoms with Gasteiger partial charge in [0.05, 0.1) is 12.6 Å². The van der Waals surface area contributed by atoms with Crippen molar-refractivity contribution in [3.05, 3.63) is 5.82 Å². The van der Waals surface area contributed by atoms with Crippen molar-refractivity contribution < 1.29 is 14.7 Å². The summed E-state index contributed by atoms with van der Waals surface area (Å²) in [6.45, 7) is 5.93. The van der Waals surface area contributed by atoms with Crippen LogP contribution in [0.3, 0.4) is 0 Å². The van der Waals surface area contributed by atoms with Crippen molar-refractivity contribution in [2.24, 2.45) is 13.0 Å². The number of carboxylic acid groups (broad SMARTS) is 1. The number of carbonyl (C=O) groups excluding carboxylic acids is 1. The van der Waals surface area contributed by atoms with E-state index < -0.39 is 18.1 Å². The Hall–Kier alpha value is -2.03. The van der Waals surface area contributed by atoms with E-state index in [0.29, 0.717) is 18.7 Å². The van der Waals surface area contributed by atoms with Crippen LogP contribution in [0.15, 0.2) is 0 Å². The van der Waals surface area contributed by atoms with Crippen LogP contribution >= 0.6 is 0 Å². The second-order valence-electron chi connectivity index (χ2n) is 5.58. The Morgan fingerprint density at radius 2 is 2.00 bits per heavy atom. The van der Waals surface area contributed by atoms with Crippen molar-refractivity contribution in [3.63, 3.8) is 0 Å². The number of aryl methyl sites for hydroxylation is 1. The average molecular weight is 312 g/mol. The maximum absolute atomic E-state index is 12.3. The maximum atomic E-state index is 12.3. The smallest absolute Gasteiger partial charge is 0.320 e. The second-order valence-corrected chi connectivity index (χ2v) is 5.58. The molecule has 0 bridgehead atoms. The number of tetrazole rings is 1. The molecule has 1 unspecified atom stereocenters. The summed E-state index contributed by atoms with van der Waals surface area (Å²) in [4.78, 5) is 23.5. The molecule has 9 nitrogen and oxygen atoms in total. The van der Waals surface area contributed by atoms with E-state index in [0.717, 1.165) is 0 Å². The molecule has 1 rings (SSSR count). The number of hydrogen-bond donors (Lipinski definition) is 3. The predicted molar refractivity (Wildman–Crippen MR) is 78.7 cm³/mol. The van der Waals surface area contributed by atoms with Crippen molar-refractivity contribution in [2.45, 2.75) is 52.2 Å². The minimum atomic E-state index is -0.957. The summed E-state index contributed by atoms with van der Waals surface area (Å²) < 4.78 is 1.47. The van der Waals surface area contributed by atoms with Crippen LogP contribution in [0.5, 0.6) is 0 Å². The molecule has 0 aliphatic rings. The molecule has 0 saturated heterocycles. The van der Waals surface area contributed by atoms with Crippen LogP contribution in [-0.4, -0.2) is 49.3 Å². The van der Waals surface area contributed by atoms with Gasteiger partial charge in [0.2, 0.25) is 5.91 Å². The first-order valence-corrected chi connectivity index (χ1v) is 7.32. The minimum absolute atomic E-state index is 0.197. The van der Waals surface area contributed by atoms with Gasteiger partial charge in [-0.15, -0.1) is 5.10 Å². The van der Waals surface area contributed by atoms with E-state index in [4.69, 9.17) is 5.11 Å². The van der Waals surface area contributed by atoms with Crippen LogP contribution in [-0.2, 0) is 23.2 Å². The summed E-state index contributed by atoms with van der Waals surface area (Å²) in [6.07, 6.45) is 0.955. The van der Waals surface area contributed by atoms with Crippen LogP contribution in [0.2, 0.25) is 0 Å². The number of nitrogens with one attached hydrogen (secondary N) is 2. The van der Waals surface area contributed by atoms with E-state index in [-0.39, 0.29) is 18.4 Å². The van der Waals surface area contributed by atoms with Gasteiger partial charge >= 0.3 is 5.97 Å². The number of carbonyl (C=O) groups is 2. The van der Waals surface area contributed by atoms with Gasteiger partial charge in [-0.05, 0) is 29.2 Å². The highest BCUT2D eigenvalue weighted by atomic mass is 16.4. The Bertz CT molecular complexity index is 502. The first kappa shape index (κ1) is 18.0. The highest BCUT2D eigenvalue weighted by Crippen LogP contribution is 2.07. The van der Waals surface area contributed by atoms with Gasteiger partial charge < -0.3 is 10.4 Å². The van der Waals surface area contributed by atoms with Crippen LogP contribution < -0.4 is 10.6 Å². The normalized spacial score (nSPS) is 13.9. The van der Waals surface area contributed by atoms with E-state index >= 15 is 0 Å². The molecule has 0 saturated carbocycles. The summed E-state index contributed by atoms with van der Waals surface area (Å²) in [6, 6.07) is -1.31. The van der Waals surface area contributed by atoms with Crippen LogP contribution in [0.1, 0.15) is 39.4 Å². The standard InChI is InChI=1S/C13H24N6O3/c1-5-9(13(21)22)15-10(6-8(2)3)12(20)14-7-11-16-17-18-19(11)4/h8-10,15H,5-7H2,1-4H3,(H,14,20)(H,21,22)/t9-,10?/m1/s1. The first-order chi connectivity index (χ1) is 10.3. The Morgan fingerprint density at radius 3 is 2.45 bits per heavy atom. The molecule has 0 radical (unpaired) electrons. The summed E-state index contributed by atoms with van der Waals surface area (Å²) in [5.41, 5.74) is 0. The Kier molecular flexibility index (Phi) is 6.90. The molecule has 0 fully saturated rings. The number of carboxylic acids is 1. The molecule has 0 aliphatic heterocycles. The summed E-state index contributed by atoms with van der Waals surface area (Å²) in [7, 11) is 1.68. The number of aliphatic carboxylic acids is 1. The highest BCUT2D eigenvalue weighted by Gasteiger charge is 2.25. The Morgan fingerprint density at radius 1 is 1.32 bits per heavy atom. The van der Waals surface area contributed by atoms with Gasteiger partial charge in [-0.25, -0.2) is 4.68 Å². The third-order valence-corrected chi connectivity index (χ3v) is 3.26. The fourth-order valence-electron chi connectivity index (χ4n) is 2.02. The molecular weight excluding hydrogens is 288 g/mol. The molecule has 2 atom stereocenters. The molecular formula is C13H24N6O3. The second kappa shape index (κ2) is 8.42. The number of aromatic nitrogens is 4. The van der Waals surface area contributed by atoms with E-state index in [1.165, 1.54) is 4.68 Å². The van der Waals surface area contributed by atoms with Gasteiger partial charge in [0, 0.05) is 7.05 Å². The highest BCUT2D eigenvalue weighted by molar-refractivity contribution is 5.83. The SMILES string of the molecule is CC[C@@H](NC(CC(C)C)C(=O)NCc1nnnn1C)C(=O)O. The lowest BCUT2D eigenvalue weighted by molar-refractivity contribution is -0.140. The molecule has 1 amide bonds. The summed E-state index contributed by atoms with van der Waals surface area (Å²) in [5, 5.41) is 25.7. The Balaban J connectivity index is 2.67. The molecule has 124 valence electrons. The number of rotatable bonds is 9. The van der Waals surface area contributed by atoms with Gasteiger partial charge in [-0.3, -0.25) is 14.9 Å². The lowest BCUT2D eigenvalue weighted by atomic mass is 10.0.